The molecule has 1 radical (unpaired) electrons. The van der Waals surface area contributed by atoms with Crippen molar-refractivity contribution in [3.8, 4) is 0 Å². The maximum absolute atomic E-state index is 8.84. The summed E-state index contributed by atoms with van der Waals surface area (Å²) in [7, 11) is 0. The Labute approximate surface area is 83.5 Å². The molecular weight excluding hydrogens is 160 g/mol. The molecule has 0 saturated carbocycles. The van der Waals surface area contributed by atoms with Crippen molar-refractivity contribution < 1.29 is 5.11 Å². The van der Waals surface area contributed by atoms with Gasteiger partial charge in [0.15, 0.2) is 0 Å². The lowest BCUT2D eigenvalue weighted by Gasteiger charge is -2.09. The Kier molecular flexibility index (Phi) is 10.0. The predicted octanol–water partition coefficient (Wildman–Crippen LogP) is 4.30. The number of unbranched alkanes of at least 4 members (excludes halogenated alkanes) is 5. The quantitative estimate of drug-likeness (QED) is 0.531. The molecule has 0 bridgehead atoms. The molecule has 0 rings (SSSR count). The highest BCUT2D eigenvalue weighted by Crippen LogP contribution is 2.16. The Balaban J connectivity index is 3.05. The summed E-state index contributed by atoms with van der Waals surface area (Å²) in [6.45, 7) is 5.74. The molecule has 13 heavy (non-hydrogen) atoms. The maximum atomic E-state index is 8.84. The lowest BCUT2D eigenvalue weighted by molar-refractivity contribution is 0.293. The van der Waals surface area contributed by atoms with Crippen molar-refractivity contribution in [2.24, 2.45) is 5.92 Å². The first kappa shape index (κ1) is 13.0. The molecule has 1 heteroatoms. The zero-order valence-electron chi connectivity index (χ0n) is 9.26. The normalized spacial score (nSPS) is 13.2. The zero-order chi connectivity index (χ0) is 9.94. The van der Waals surface area contributed by atoms with E-state index < -0.39 is 0 Å². The molecule has 1 unspecified atom stereocenters. The van der Waals surface area contributed by atoms with Crippen molar-refractivity contribution in [2.45, 2.75) is 65.2 Å². The van der Waals surface area contributed by atoms with Crippen LogP contribution in [0.15, 0.2) is 0 Å². The van der Waals surface area contributed by atoms with Gasteiger partial charge in [-0.1, -0.05) is 58.8 Å². The summed E-state index contributed by atoms with van der Waals surface area (Å²) in [5, 5.41) is 8.84. The molecule has 1 N–H and O–H groups in total. The molecule has 0 aromatic carbocycles. The van der Waals surface area contributed by atoms with Crippen molar-refractivity contribution in [3.63, 3.8) is 0 Å². The minimum Gasteiger partial charge on any atom is -0.390 e. The predicted molar refractivity (Wildman–Crippen MR) is 58.0 cm³/mol. The second kappa shape index (κ2) is 10.0. The van der Waals surface area contributed by atoms with Gasteiger partial charge in [0.05, 0.1) is 6.61 Å². The summed E-state index contributed by atoms with van der Waals surface area (Å²) >= 11 is 0. The Morgan fingerprint density at radius 1 is 1.00 bits per heavy atom. The van der Waals surface area contributed by atoms with E-state index in [0.717, 1.165) is 6.42 Å². The summed E-state index contributed by atoms with van der Waals surface area (Å²) in [6, 6.07) is 0. The van der Waals surface area contributed by atoms with E-state index >= 15 is 0 Å². The molecule has 0 aromatic rings. The molecule has 0 amide bonds. The fourth-order valence-electron chi connectivity index (χ4n) is 1.57. The topological polar surface area (TPSA) is 20.2 Å². The molecule has 1 nitrogen and oxygen atoms in total. The summed E-state index contributed by atoms with van der Waals surface area (Å²) in [6.07, 6.45) is 10.3. The average Bonchev–Trinajstić information content (AvgIpc) is 2.17. The Bertz CT molecular complexity index is 87.1. The van der Waals surface area contributed by atoms with Gasteiger partial charge in [0, 0.05) is 0 Å². The number of hydrogen-bond acceptors (Lipinski definition) is 1. The monoisotopic (exact) mass is 185 g/mol. The standard InChI is InChI=1S/C12H25O/c1-3-5-6-7-8-9-10-12(4-2)11-13/h11-13H,3-10H2,1-2H3. The van der Waals surface area contributed by atoms with E-state index in [1.165, 1.54) is 51.6 Å². The molecule has 0 aliphatic heterocycles. The lowest BCUT2D eigenvalue weighted by Crippen LogP contribution is -1.98. The Morgan fingerprint density at radius 3 is 2.15 bits per heavy atom. The van der Waals surface area contributed by atoms with Crippen LogP contribution < -0.4 is 0 Å². The van der Waals surface area contributed by atoms with Crippen molar-refractivity contribution in [3.05, 3.63) is 6.61 Å². The number of aliphatic hydroxyl groups is 1. The minimum absolute atomic E-state index is 0.436. The minimum atomic E-state index is 0.436. The Hall–Kier alpha value is -0.0400. The first-order valence-corrected chi connectivity index (χ1v) is 5.82. The highest BCUT2D eigenvalue weighted by Gasteiger charge is 2.03. The van der Waals surface area contributed by atoms with E-state index in [4.69, 9.17) is 5.11 Å². The SMILES string of the molecule is CCCCCCCCC([CH]O)CC. The van der Waals surface area contributed by atoms with E-state index in [1.54, 1.807) is 0 Å². The lowest BCUT2D eigenvalue weighted by atomic mass is 9.99. The van der Waals surface area contributed by atoms with Crippen LogP contribution in [-0.2, 0) is 0 Å². The molecule has 0 aliphatic rings. The largest absolute Gasteiger partial charge is 0.390 e. The Morgan fingerprint density at radius 2 is 1.62 bits per heavy atom. The van der Waals surface area contributed by atoms with Gasteiger partial charge < -0.3 is 5.11 Å². The van der Waals surface area contributed by atoms with Crippen LogP contribution in [0.2, 0.25) is 0 Å². The van der Waals surface area contributed by atoms with E-state index in [9.17, 15) is 0 Å². The molecule has 0 aliphatic carbocycles. The van der Waals surface area contributed by atoms with Gasteiger partial charge in [-0.25, -0.2) is 0 Å². The van der Waals surface area contributed by atoms with Crippen LogP contribution >= 0.6 is 0 Å². The van der Waals surface area contributed by atoms with Gasteiger partial charge in [-0.2, -0.15) is 0 Å². The van der Waals surface area contributed by atoms with Gasteiger partial charge >= 0.3 is 0 Å². The third-order valence-corrected chi connectivity index (χ3v) is 2.66. The molecule has 0 spiro atoms. The van der Waals surface area contributed by atoms with Gasteiger partial charge in [0.1, 0.15) is 0 Å². The molecular formula is C12H25O. The molecule has 0 fully saturated rings. The number of hydrogen-bond donors (Lipinski definition) is 1. The third-order valence-electron chi connectivity index (χ3n) is 2.66. The van der Waals surface area contributed by atoms with Crippen molar-refractivity contribution in [2.75, 3.05) is 0 Å². The molecule has 79 valence electrons. The summed E-state index contributed by atoms with van der Waals surface area (Å²) in [5.74, 6) is 0.436. The molecule has 1 atom stereocenters. The van der Waals surface area contributed by atoms with E-state index in [0.29, 0.717) is 5.92 Å². The smallest absolute Gasteiger partial charge is 0.0829 e. The van der Waals surface area contributed by atoms with Crippen LogP contribution in [0.25, 0.3) is 0 Å². The van der Waals surface area contributed by atoms with Crippen LogP contribution in [-0.4, -0.2) is 5.11 Å². The van der Waals surface area contributed by atoms with Crippen molar-refractivity contribution >= 4 is 0 Å². The number of aliphatic hydroxyl groups excluding tert-OH is 1. The van der Waals surface area contributed by atoms with Gasteiger partial charge in [0.25, 0.3) is 0 Å². The highest BCUT2D eigenvalue weighted by atomic mass is 16.3. The summed E-state index contributed by atoms with van der Waals surface area (Å²) < 4.78 is 0. The second-order valence-electron chi connectivity index (χ2n) is 3.87. The van der Waals surface area contributed by atoms with Crippen molar-refractivity contribution in [1.29, 1.82) is 0 Å². The fraction of sp³-hybridized carbons (Fsp3) is 0.917. The van der Waals surface area contributed by atoms with Crippen LogP contribution in [0.4, 0.5) is 0 Å². The van der Waals surface area contributed by atoms with Crippen LogP contribution in [0, 0.1) is 12.5 Å². The first-order chi connectivity index (χ1) is 6.35. The fourth-order valence-corrected chi connectivity index (χ4v) is 1.57. The van der Waals surface area contributed by atoms with Gasteiger partial charge in [-0.3, -0.25) is 0 Å². The first-order valence-electron chi connectivity index (χ1n) is 5.82. The van der Waals surface area contributed by atoms with Crippen LogP contribution in [0.1, 0.15) is 65.2 Å². The third kappa shape index (κ3) is 8.29. The van der Waals surface area contributed by atoms with Crippen LogP contribution in [0.5, 0.6) is 0 Å². The molecule has 0 saturated heterocycles. The molecule has 0 aromatic heterocycles. The van der Waals surface area contributed by atoms with Gasteiger partial charge in [0.2, 0.25) is 0 Å². The summed E-state index contributed by atoms with van der Waals surface area (Å²) in [4.78, 5) is 0. The van der Waals surface area contributed by atoms with Gasteiger partial charge in [-0.15, -0.1) is 0 Å². The van der Waals surface area contributed by atoms with E-state index in [1.807, 2.05) is 0 Å². The molecule has 0 heterocycles. The van der Waals surface area contributed by atoms with Crippen molar-refractivity contribution in [1.82, 2.24) is 0 Å². The second-order valence-corrected chi connectivity index (χ2v) is 3.87. The number of rotatable bonds is 9. The van der Waals surface area contributed by atoms with Crippen LogP contribution in [0.3, 0.4) is 0 Å². The van der Waals surface area contributed by atoms with E-state index in [-0.39, 0.29) is 0 Å². The average molecular weight is 185 g/mol. The van der Waals surface area contributed by atoms with E-state index in [2.05, 4.69) is 13.8 Å². The summed E-state index contributed by atoms with van der Waals surface area (Å²) in [5.41, 5.74) is 0. The highest BCUT2D eigenvalue weighted by molar-refractivity contribution is 4.63. The maximum Gasteiger partial charge on any atom is 0.0829 e. The van der Waals surface area contributed by atoms with Gasteiger partial charge in [-0.05, 0) is 12.3 Å². The zero-order valence-corrected chi connectivity index (χ0v) is 9.26.